The standard InChI is InChI=1S/C11H17FN2O5/c1-11(12)8(16)6(5-18-2)19-9(11)14-4-3-7(15)13-10(14)17/h3-4,6,8-10,16-17H,5H2,1-2H3,(H,13,15)/t6-,8-,9-,10?,11-/m1/s1. The summed E-state index contributed by atoms with van der Waals surface area (Å²) in [6.45, 7) is 1.20. The molecule has 2 aliphatic rings. The minimum absolute atomic E-state index is 0.0250. The lowest BCUT2D eigenvalue weighted by Crippen LogP contribution is -2.58. The zero-order valence-corrected chi connectivity index (χ0v) is 10.6. The fraction of sp³-hybridized carbons (Fsp3) is 0.727. The van der Waals surface area contributed by atoms with Crippen LogP contribution < -0.4 is 5.32 Å². The number of nitrogens with zero attached hydrogens (tertiary/aromatic N) is 1. The third kappa shape index (κ3) is 2.44. The summed E-state index contributed by atoms with van der Waals surface area (Å²) >= 11 is 0. The van der Waals surface area contributed by atoms with E-state index in [1.54, 1.807) is 0 Å². The third-order valence-electron chi connectivity index (χ3n) is 3.27. The highest BCUT2D eigenvalue weighted by Crippen LogP contribution is 2.37. The van der Waals surface area contributed by atoms with E-state index in [2.05, 4.69) is 5.32 Å². The first-order valence-electron chi connectivity index (χ1n) is 5.83. The molecule has 2 rings (SSSR count). The second kappa shape index (κ2) is 5.04. The maximum Gasteiger partial charge on any atom is 0.248 e. The van der Waals surface area contributed by atoms with Crippen molar-refractivity contribution in [2.45, 2.75) is 37.4 Å². The number of alkyl halides is 1. The molecule has 1 amide bonds. The van der Waals surface area contributed by atoms with Crippen LogP contribution in [0.15, 0.2) is 12.3 Å². The molecule has 0 aromatic heterocycles. The number of halogens is 1. The molecular formula is C11H17FN2O5. The zero-order chi connectivity index (χ0) is 14.2. The molecule has 2 aliphatic heterocycles. The van der Waals surface area contributed by atoms with Crippen molar-refractivity contribution in [1.29, 1.82) is 0 Å². The van der Waals surface area contributed by atoms with Gasteiger partial charge >= 0.3 is 0 Å². The molecule has 2 heterocycles. The monoisotopic (exact) mass is 276 g/mol. The first-order chi connectivity index (χ1) is 8.87. The number of nitrogens with one attached hydrogen (secondary N) is 1. The lowest BCUT2D eigenvalue weighted by atomic mass is 9.98. The van der Waals surface area contributed by atoms with Crippen LogP contribution in [0.1, 0.15) is 6.92 Å². The Morgan fingerprint density at radius 1 is 1.63 bits per heavy atom. The summed E-state index contributed by atoms with van der Waals surface area (Å²) < 4.78 is 24.8. The van der Waals surface area contributed by atoms with Gasteiger partial charge in [0.25, 0.3) is 0 Å². The number of hydrogen-bond donors (Lipinski definition) is 3. The molecule has 0 bridgehead atoms. The Balaban J connectivity index is 2.20. The van der Waals surface area contributed by atoms with Gasteiger partial charge in [0.05, 0.1) is 6.61 Å². The molecule has 108 valence electrons. The minimum atomic E-state index is -2.11. The van der Waals surface area contributed by atoms with Gasteiger partial charge < -0.3 is 29.9 Å². The Hall–Kier alpha value is -1.22. The van der Waals surface area contributed by atoms with Crippen molar-refractivity contribution < 1.29 is 28.9 Å². The van der Waals surface area contributed by atoms with Crippen LogP contribution in [0.5, 0.6) is 0 Å². The fourth-order valence-corrected chi connectivity index (χ4v) is 2.23. The Bertz CT molecular complexity index is 389. The Morgan fingerprint density at radius 2 is 2.32 bits per heavy atom. The Morgan fingerprint density at radius 3 is 2.89 bits per heavy atom. The maximum absolute atomic E-state index is 14.6. The van der Waals surface area contributed by atoms with E-state index >= 15 is 0 Å². The van der Waals surface area contributed by atoms with E-state index in [1.807, 2.05) is 0 Å². The molecule has 1 unspecified atom stereocenters. The maximum atomic E-state index is 14.6. The van der Waals surface area contributed by atoms with E-state index in [9.17, 15) is 19.4 Å². The van der Waals surface area contributed by atoms with Crippen LogP contribution in [0.25, 0.3) is 0 Å². The van der Waals surface area contributed by atoms with E-state index in [4.69, 9.17) is 9.47 Å². The van der Waals surface area contributed by atoms with Gasteiger partial charge in [-0.3, -0.25) is 4.79 Å². The highest BCUT2D eigenvalue weighted by Gasteiger charge is 2.57. The lowest BCUT2D eigenvalue weighted by molar-refractivity contribution is -0.159. The smallest absolute Gasteiger partial charge is 0.248 e. The SMILES string of the molecule is COC[C@H]1O[C@@H](N2C=CC(=O)NC2O)[C@](C)(F)[C@@H]1O. The number of rotatable bonds is 3. The summed E-state index contributed by atoms with van der Waals surface area (Å²) in [5, 5.41) is 21.8. The number of carbonyl (C=O) groups is 1. The van der Waals surface area contributed by atoms with Gasteiger partial charge in [0, 0.05) is 19.4 Å². The number of methoxy groups -OCH3 is 1. The van der Waals surface area contributed by atoms with Crippen LogP contribution in [0.4, 0.5) is 4.39 Å². The normalized spacial score (nSPS) is 42.6. The fourth-order valence-electron chi connectivity index (χ4n) is 2.23. The van der Waals surface area contributed by atoms with Crippen LogP contribution >= 0.6 is 0 Å². The number of hydrogen-bond acceptors (Lipinski definition) is 6. The second-order valence-electron chi connectivity index (χ2n) is 4.72. The van der Waals surface area contributed by atoms with Gasteiger partial charge in [0.2, 0.25) is 12.3 Å². The summed E-state index contributed by atoms with van der Waals surface area (Å²) in [5.74, 6) is -0.490. The molecule has 1 fully saturated rings. The molecule has 0 spiro atoms. The van der Waals surface area contributed by atoms with Crippen molar-refractivity contribution >= 4 is 5.91 Å². The summed E-state index contributed by atoms with van der Waals surface area (Å²) in [4.78, 5) is 12.1. The molecular weight excluding hydrogens is 259 g/mol. The summed E-state index contributed by atoms with van der Waals surface area (Å²) in [7, 11) is 1.41. The van der Waals surface area contributed by atoms with Crippen molar-refractivity contribution in [3.05, 3.63) is 12.3 Å². The van der Waals surface area contributed by atoms with Crippen LogP contribution in [-0.2, 0) is 14.3 Å². The van der Waals surface area contributed by atoms with Crippen molar-refractivity contribution in [2.24, 2.45) is 0 Å². The van der Waals surface area contributed by atoms with E-state index in [0.29, 0.717) is 0 Å². The molecule has 0 radical (unpaired) electrons. The molecule has 5 atom stereocenters. The van der Waals surface area contributed by atoms with Gasteiger partial charge in [-0.1, -0.05) is 0 Å². The molecule has 1 saturated heterocycles. The van der Waals surface area contributed by atoms with Crippen molar-refractivity contribution in [2.75, 3.05) is 13.7 Å². The number of aliphatic hydroxyl groups is 2. The predicted molar refractivity (Wildman–Crippen MR) is 61.2 cm³/mol. The quantitative estimate of drug-likeness (QED) is 0.591. The Labute approximate surface area is 109 Å². The minimum Gasteiger partial charge on any atom is -0.387 e. The Kier molecular flexibility index (Phi) is 3.77. The molecule has 0 aromatic carbocycles. The molecule has 0 aliphatic carbocycles. The van der Waals surface area contributed by atoms with E-state index in [1.165, 1.54) is 20.2 Å². The predicted octanol–water partition coefficient (Wildman–Crippen LogP) is -1.33. The summed E-state index contributed by atoms with van der Waals surface area (Å²) in [5.41, 5.74) is -2.11. The first-order valence-corrected chi connectivity index (χ1v) is 5.83. The highest BCUT2D eigenvalue weighted by molar-refractivity contribution is 5.88. The molecule has 19 heavy (non-hydrogen) atoms. The third-order valence-corrected chi connectivity index (χ3v) is 3.27. The molecule has 3 N–H and O–H groups in total. The number of amides is 1. The van der Waals surface area contributed by atoms with Gasteiger partial charge in [-0.2, -0.15) is 0 Å². The largest absolute Gasteiger partial charge is 0.387 e. The number of aliphatic hydroxyl groups excluding tert-OH is 2. The van der Waals surface area contributed by atoms with Gasteiger partial charge in [0.15, 0.2) is 11.9 Å². The zero-order valence-electron chi connectivity index (χ0n) is 10.6. The van der Waals surface area contributed by atoms with Gasteiger partial charge in [-0.05, 0) is 6.92 Å². The van der Waals surface area contributed by atoms with Crippen molar-refractivity contribution in [1.82, 2.24) is 10.2 Å². The van der Waals surface area contributed by atoms with Crippen LogP contribution in [-0.4, -0.2) is 65.2 Å². The summed E-state index contributed by atoms with van der Waals surface area (Å²) in [6.07, 6.45) is -2.50. The molecule has 8 heteroatoms. The average Bonchev–Trinajstić information content (AvgIpc) is 2.54. The lowest BCUT2D eigenvalue weighted by Gasteiger charge is -2.37. The molecule has 7 nitrogen and oxygen atoms in total. The number of ether oxygens (including phenoxy) is 2. The van der Waals surface area contributed by atoms with Gasteiger partial charge in [-0.25, -0.2) is 4.39 Å². The number of carbonyl (C=O) groups excluding carboxylic acids is 1. The van der Waals surface area contributed by atoms with Crippen LogP contribution in [0, 0.1) is 0 Å². The highest BCUT2D eigenvalue weighted by atomic mass is 19.1. The first kappa shape index (κ1) is 14.2. The molecule has 0 saturated carbocycles. The molecule has 0 aromatic rings. The van der Waals surface area contributed by atoms with E-state index in [-0.39, 0.29) is 6.61 Å². The van der Waals surface area contributed by atoms with E-state index < -0.39 is 36.4 Å². The topological polar surface area (TPSA) is 91.3 Å². The van der Waals surface area contributed by atoms with Gasteiger partial charge in [0.1, 0.15) is 12.2 Å². The summed E-state index contributed by atoms with van der Waals surface area (Å²) in [6, 6.07) is 0. The van der Waals surface area contributed by atoms with Gasteiger partial charge in [-0.15, -0.1) is 0 Å². The van der Waals surface area contributed by atoms with E-state index in [0.717, 1.165) is 11.0 Å². The van der Waals surface area contributed by atoms with Crippen LogP contribution in [0.2, 0.25) is 0 Å². The van der Waals surface area contributed by atoms with Crippen molar-refractivity contribution in [3.8, 4) is 0 Å². The average molecular weight is 276 g/mol. The second-order valence-corrected chi connectivity index (χ2v) is 4.72. The van der Waals surface area contributed by atoms with Crippen molar-refractivity contribution in [3.63, 3.8) is 0 Å². The van der Waals surface area contributed by atoms with Crippen LogP contribution in [0.3, 0.4) is 0 Å².